The van der Waals surface area contributed by atoms with Crippen molar-refractivity contribution in [3.63, 3.8) is 0 Å². The monoisotopic (exact) mass is 328 g/mol. The molecule has 1 fully saturated rings. The molecule has 0 bridgehead atoms. The first-order chi connectivity index (χ1) is 10.8. The Hall–Kier alpha value is -1.56. The molecule has 0 unspecified atom stereocenters. The van der Waals surface area contributed by atoms with Crippen molar-refractivity contribution in [1.29, 1.82) is 0 Å². The summed E-state index contributed by atoms with van der Waals surface area (Å²) in [5, 5.41) is 3.40. The molecule has 2 atom stereocenters. The molecule has 1 saturated heterocycles. The number of alkyl halides is 3. The van der Waals surface area contributed by atoms with Gasteiger partial charge in [-0.1, -0.05) is 26.0 Å². The Morgan fingerprint density at radius 1 is 1.30 bits per heavy atom. The minimum Gasteiger partial charge on any atom is -0.342 e. The first kappa shape index (κ1) is 17.8. The Morgan fingerprint density at radius 2 is 1.96 bits per heavy atom. The molecule has 1 heterocycles. The lowest BCUT2D eigenvalue weighted by Gasteiger charge is -2.37. The van der Waals surface area contributed by atoms with E-state index in [1.165, 1.54) is 12.1 Å². The number of piperidine rings is 1. The van der Waals surface area contributed by atoms with Crippen LogP contribution >= 0.6 is 0 Å². The summed E-state index contributed by atoms with van der Waals surface area (Å²) < 4.78 is 37.6. The molecule has 0 saturated carbocycles. The van der Waals surface area contributed by atoms with Crippen molar-refractivity contribution in [2.24, 2.45) is 5.92 Å². The van der Waals surface area contributed by atoms with Gasteiger partial charge in [0, 0.05) is 32.1 Å². The Morgan fingerprint density at radius 3 is 2.48 bits per heavy atom. The van der Waals surface area contributed by atoms with E-state index in [1.807, 2.05) is 11.8 Å². The number of hydrogen-bond acceptors (Lipinski definition) is 2. The van der Waals surface area contributed by atoms with Gasteiger partial charge in [0.2, 0.25) is 5.91 Å². The highest BCUT2D eigenvalue weighted by molar-refractivity contribution is 5.75. The highest BCUT2D eigenvalue weighted by Gasteiger charge is 2.30. The molecule has 0 spiro atoms. The smallest absolute Gasteiger partial charge is 0.342 e. The normalized spacial score (nSPS) is 22.2. The third-order valence-corrected chi connectivity index (χ3v) is 4.41. The second kappa shape index (κ2) is 7.34. The van der Waals surface area contributed by atoms with Crippen LogP contribution in [0.15, 0.2) is 24.3 Å². The lowest BCUT2D eigenvalue weighted by Crippen LogP contribution is -2.49. The minimum absolute atomic E-state index is 0.179. The van der Waals surface area contributed by atoms with Crippen LogP contribution < -0.4 is 5.32 Å². The predicted octanol–water partition coefficient (Wildman–Crippen LogP) is 3.44. The molecule has 1 N–H and O–H groups in total. The molecule has 1 aromatic rings. The number of carbonyl (C=O) groups is 1. The van der Waals surface area contributed by atoms with Crippen LogP contribution in [0, 0.1) is 5.92 Å². The first-order valence-corrected chi connectivity index (χ1v) is 7.98. The summed E-state index contributed by atoms with van der Waals surface area (Å²) in [5.41, 5.74) is 0.207. The average molecular weight is 328 g/mol. The van der Waals surface area contributed by atoms with Crippen LogP contribution in [0.5, 0.6) is 0 Å². The fourth-order valence-electron chi connectivity index (χ4n) is 2.96. The zero-order chi connectivity index (χ0) is 17.0. The fraction of sp³-hybridized carbons (Fsp3) is 0.588. The zero-order valence-corrected chi connectivity index (χ0v) is 13.5. The summed E-state index contributed by atoms with van der Waals surface area (Å²) in [7, 11) is 0. The summed E-state index contributed by atoms with van der Waals surface area (Å²) in [6.45, 7) is 5.97. The maximum absolute atomic E-state index is 12.5. The number of nitrogens with zero attached hydrogens (tertiary/aromatic N) is 1. The minimum atomic E-state index is -4.29. The van der Waals surface area contributed by atoms with E-state index in [0.29, 0.717) is 18.9 Å². The number of benzene rings is 1. The van der Waals surface area contributed by atoms with Crippen molar-refractivity contribution >= 4 is 5.91 Å². The molecule has 0 aromatic heterocycles. The number of hydrogen-bond donors (Lipinski definition) is 1. The van der Waals surface area contributed by atoms with Crippen molar-refractivity contribution < 1.29 is 18.0 Å². The first-order valence-electron chi connectivity index (χ1n) is 7.98. The Balaban J connectivity index is 1.86. The molecule has 1 aromatic carbocycles. The topological polar surface area (TPSA) is 32.3 Å². The fourth-order valence-corrected chi connectivity index (χ4v) is 2.96. The van der Waals surface area contributed by atoms with Crippen molar-refractivity contribution in [3.8, 4) is 0 Å². The largest absolute Gasteiger partial charge is 0.416 e. The summed E-state index contributed by atoms with van der Waals surface area (Å²) in [6.07, 6.45) is -2.90. The van der Waals surface area contributed by atoms with Crippen molar-refractivity contribution in [3.05, 3.63) is 35.4 Å². The molecular weight excluding hydrogens is 305 g/mol. The van der Waals surface area contributed by atoms with Crippen molar-refractivity contribution in [2.45, 2.75) is 45.5 Å². The van der Waals surface area contributed by atoms with E-state index in [9.17, 15) is 18.0 Å². The number of amides is 1. The highest BCUT2D eigenvalue weighted by Crippen LogP contribution is 2.29. The van der Waals surface area contributed by atoms with Gasteiger partial charge in [-0.05, 0) is 30.0 Å². The average Bonchev–Trinajstić information content (AvgIpc) is 2.52. The maximum atomic E-state index is 12.5. The van der Waals surface area contributed by atoms with Gasteiger partial charge >= 0.3 is 6.18 Å². The van der Waals surface area contributed by atoms with Gasteiger partial charge in [0.25, 0.3) is 0 Å². The van der Waals surface area contributed by atoms with E-state index in [4.69, 9.17) is 0 Å². The summed E-state index contributed by atoms with van der Waals surface area (Å²) in [6, 6.07) is 5.52. The molecule has 0 aliphatic carbocycles. The SMILES string of the molecule is CCC(=O)N1CC[C@H](NCc2ccc(C(F)(F)F)cc2)[C@@H](C)C1. The maximum Gasteiger partial charge on any atom is 0.416 e. The van der Waals surface area contributed by atoms with E-state index >= 15 is 0 Å². The van der Waals surface area contributed by atoms with Crippen molar-refractivity contribution in [1.82, 2.24) is 10.2 Å². The number of halogens is 3. The molecule has 128 valence electrons. The number of likely N-dealkylation sites (tertiary alicyclic amines) is 1. The van der Waals surface area contributed by atoms with Crippen LogP contribution in [-0.4, -0.2) is 29.9 Å². The Labute approximate surface area is 134 Å². The van der Waals surface area contributed by atoms with Gasteiger partial charge < -0.3 is 10.2 Å². The quantitative estimate of drug-likeness (QED) is 0.918. The van der Waals surface area contributed by atoms with Crippen molar-refractivity contribution in [2.75, 3.05) is 13.1 Å². The second-order valence-corrected chi connectivity index (χ2v) is 6.14. The molecule has 0 radical (unpaired) electrons. The van der Waals surface area contributed by atoms with E-state index in [1.54, 1.807) is 0 Å². The summed E-state index contributed by atoms with van der Waals surface area (Å²) >= 11 is 0. The molecule has 1 aliphatic rings. The standard InChI is InChI=1S/C17H23F3N2O/c1-3-16(23)22-9-8-15(12(2)11-22)21-10-13-4-6-14(7-5-13)17(18,19)20/h4-7,12,15,21H,3,8-11H2,1-2H3/t12-,15-/m0/s1. The molecular formula is C17H23F3N2O. The van der Waals surface area contributed by atoms with E-state index in [-0.39, 0.29) is 11.9 Å². The van der Waals surface area contributed by atoms with E-state index in [2.05, 4.69) is 12.2 Å². The summed E-state index contributed by atoms with van der Waals surface area (Å²) in [5.74, 6) is 0.506. The van der Waals surface area contributed by atoms with Gasteiger partial charge in [-0.2, -0.15) is 13.2 Å². The third kappa shape index (κ3) is 4.70. The van der Waals surface area contributed by atoms with Crippen LogP contribution in [-0.2, 0) is 17.5 Å². The van der Waals surface area contributed by atoms with Crippen LogP contribution in [0.2, 0.25) is 0 Å². The van der Waals surface area contributed by atoms with Crippen LogP contribution in [0.3, 0.4) is 0 Å². The molecule has 3 nitrogen and oxygen atoms in total. The van der Waals surface area contributed by atoms with Gasteiger partial charge in [0.15, 0.2) is 0 Å². The number of nitrogens with one attached hydrogen (secondary N) is 1. The molecule has 23 heavy (non-hydrogen) atoms. The van der Waals surface area contributed by atoms with Crippen LogP contribution in [0.25, 0.3) is 0 Å². The van der Waals surface area contributed by atoms with Gasteiger partial charge in [-0.15, -0.1) is 0 Å². The lowest BCUT2D eigenvalue weighted by atomic mass is 9.93. The summed E-state index contributed by atoms with van der Waals surface area (Å²) in [4.78, 5) is 13.6. The molecule has 2 rings (SSSR count). The molecule has 1 aliphatic heterocycles. The van der Waals surface area contributed by atoms with Crippen LogP contribution in [0.4, 0.5) is 13.2 Å². The van der Waals surface area contributed by atoms with Gasteiger partial charge in [-0.25, -0.2) is 0 Å². The Kier molecular flexibility index (Phi) is 5.68. The van der Waals surface area contributed by atoms with Gasteiger partial charge in [0.05, 0.1) is 5.56 Å². The molecule has 6 heteroatoms. The number of rotatable bonds is 4. The second-order valence-electron chi connectivity index (χ2n) is 6.14. The lowest BCUT2D eigenvalue weighted by molar-refractivity contribution is -0.137. The Bertz CT molecular complexity index is 528. The van der Waals surface area contributed by atoms with E-state index in [0.717, 1.165) is 37.2 Å². The molecule has 1 amide bonds. The van der Waals surface area contributed by atoms with E-state index < -0.39 is 11.7 Å². The van der Waals surface area contributed by atoms with Gasteiger partial charge in [0.1, 0.15) is 0 Å². The van der Waals surface area contributed by atoms with Gasteiger partial charge in [-0.3, -0.25) is 4.79 Å². The van der Waals surface area contributed by atoms with Crippen LogP contribution in [0.1, 0.15) is 37.8 Å². The zero-order valence-electron chi connectivity index (χ0n) is 13.5. The number of carbonyl (C=O) groups excluding carboxylic acids is 1. The predicted molar refractivity (Wildman–Crippen MR) is 82.7 cm³/mol. The third-order valence-electron chi connectivity index (χ3n) is 4.41. The highest BCUT2D eigenvalue weighted by atomic mass is 19.4.